The Kier molecular flexibility index (Phi) is 7.50. The fourth-order valence-corrected chi connectivity index (χ4v) is 1.14. The van der Waals surface area contributed by atoms with Crippen LogP contribution >= 0.6 is 12.4 Å². The lowest BCUT2D eigenvalue weighted by Gasteiger charge is -2.05. The third-order valence-electron chi connectivity index (χ3n) is 1.94. The van der Waals surface area contributed by atoms with Crippen molar-refractivity contribution in [2.24, 2.45) is 0 Å². The molecule has 0 aliphatic carbocycles. The second kappa shape index (κ2) is 8.07. The van der Waals surface area contributed by atoms with Gasteiger partial charge in [0.25, 0.3) is 5.91 Å². The lowest BCUT2D eigenvalue weighted by Crippen LogP contribution is -2.31. The van der Waals surface area contributed by atoms with Crippen molar-refractivity contribution in [2.45, 2.75) is 6.92 Å². The third kappa shape index (κ3) is 5.09. The summed E-state index contributed by atoms with van der Waals surface area (Å²) >= 11 is 0. The van der Waals surface area contributed by atoms with Crippen LogP contribution in [0.5, 0.6) is 0 Å². The Balaban J connectivity index is 0.00000225. The maximum atomic E-state index is 12.6. The van der Waals surface area contributed by atoms with Gasteiger partial charge < -0.3 is 10.6 Å². The zero-order valence-electron chi connectivity index (χ0n) is 9.13. The first-order valence-electron chi connectivity index (χ1n) is 4.98. The molecule has 0 radical (unpaired) electrons. The van der Waals surface area contributed by atoms with E-state index in [1.54, 1.807) is 0 Å². The molecule has 0 saturated heterocycles. The van der Waals surface area contributed by atoms with Gasteiger partial charge in [-0.05, 0) is 30.8 Å². The van der Waals surface area contributed by atoms with Crippen molar-refractivity contribution in [1.82, 2.24) is 10.6 Å². The van der Waals surface area contributed by atoms with E-state index in [0.717, 1.165) is 13.1 Å². The molecule has 1 rings (SSSR count). The lowest BCUT2D eigenvalue weighted by atomic mass is 10.2. The van der Waals surface area contributed by atoms with Gasteiger partial charge in [-0.2, -0.15) is 0 Å². The molecule has 0 atom stereocenters. The average molecular weight is 247 g/mol. The van der Waals surface area contributed by atoms with Gasteiger partial charge in [-0.15, -0.1) is 12.4 Å². The van der Waals surface area contributed by atoms with E-state index in [2.05, 4.69) is 10.6 Å². The smallest absolute Gasteiger partial charge is 0.251 e. The molecule has 90 valence electrons. The van der Waals surface area contributed by atoms with E-state index in [0.29, 0.717) is 12.1 Å². The number of benzene rings is 1. The second-order valence-corrected chi connectivity index (χ2v) is 3.12. The molecule has 0 heterocycles. The number of nitrogens with one attached hydrogen (secondary N) is 2. The molecule has 1 aromatic rings. The van der Waals surface area contributed by atoms with E-state index in [1.807, 2.05) is 6.92 Å². The molecular weight excluding hydrogens is 231 g/mol. The summed E-state index contributed by atoms with van der Waals surface area (Å²) in [7, 11) is 0. The summed E-state index contributed by atoms with van der Waals surface area (Å²) in [6, 6.07) is 5.49. The van der Waals surface area contributed by atoms with Crippen molar-refractivity contribution in [3.63, 3.8) is 0 Å². The predicted molar refractivity (Wildman–Crippen MR) is 64.5 cm³/mol. The summed E-state index contributed by atoms with van der Waals surface area (Å²) in [6.45, 7) is 4.20. The zero-order chi connectivity index (χ0) is 11.1. The van der Waals surface area contributed by atoms with Gasteiger partial charge in [0.1, 0.15) is 5.82 Å². The molecule has 0 unspecified atom stereocenters. The first-order valence-corrected chi connectivity index (χ1v) is 4.98. The Labute approximate surface area is 101 Å². The molecule has 1 aromatic carbocycles. The van der Waals surface area contributed by atoms with E-state index in [1.165, 1.54) is 24.3 Å². The number of halogens is 2. The van der Waals surface area contributed by atoms with Crippen LogP contribution < -0.4 is 10.6 Å². The molecule has 0 fully saturated rings. The molecule has 0 spiro atoms. The summed E-state index contributed by atoms with van der Waals surface area (Å²) in [5.74, 6) is -0.507. The Morgan fingerprint density at radius 2 is 1.88 bits per heavy atom. The molecule has 0 bridgehead atoms. The third-order valence-corrected chi connectivity index (χ3v) is 1.94. The maximum absolute atomic E-state index is 12.6. The number of likely N-dealkylation sites (N-methyl/N-ethyl adjacent to an activating group) is 1. The molecular formula is C11H16ClFN2O. The van der Waals surface area contributed by atoms with Gasteiger partial charge in [-0.25, -0.2) is 4.39 Å². The highest BCUT2D eigenvalue weighted by molar-refractivity contribution is 5.94. The van der Waals surface area contributed by atoms with E-state index < -0.39 is 0 Å². The second-order valence-electron chi connectivity index (χ2n) is 3.12. The molecule has 3 nitrogen and oxygen atoms in total. The minimum Gasteiger partial charge on any atom is -0.351 e. The highest BCUT2D eigenvalue weighted by Crippen LogP contribution is 2.01. The molecule has 0 aliphatic heterocycles. The first kappa shape index (κ1) is 14.9. The van der Waals surface area contributed by atoms with Crippen molar-refractivity contribution in [1.29, 1.82) is 0 Å². The van der Waals surface area contributed by atoms with Crippen molar-refractivity contribution in [2.75, 3.05) is 19.6 Å². The predicted octanol–water partition coefficient (Wildman–Crippen LogP) is 1.59. The topological polar surface area (TPSA) is 41.1 Å². The number of carbonyl (C=O) groups is 1. The Hall–Kier alpha value is -1.13. The van der Waals surface area contributed by atoms with Crippen LogP contribution in [-0.2, 0) is 0 Å². The first-order chi connectivity index (χ1) is 7.24. The average Bonchev–Trinajstić information content (AvgIpc) is 2.25. The van der Waals surface area contributed by atoms with Crippen molar-refractivity contribution in [3.05, 3.63) is 35.6 Å². The van der Waals surface area contributed by atoms with Gasteiger partial charge in [-0.1, -0.05) is 6.92 Å². The molecule has 0 saturated carbocycles. The minimum absolute atomic E-state index is 0. The fourth-order valence-electron chi connectivity index (χ4n) is 1.14. The molecule has 16 heavy (non-hydrogen) atoms. The number of hydrogen-bond acceptors (Lipinski definition) is 2. The van der Waals surface area contributed by atoms with Crippen LogP contribution in [0.1, 0.15) is 17.3 Å². The van der Waals surface area contributed by atoms with Gasteiger partial charge in [0, 0.05) is 18.7 Å². The Morgan fingerprint density at radius 3 is 2.44 bits per heavy atom. The summed E-state index contributed by atoms with van der Waals surface area (Å²) in [5, 5.41) is 5.82. The van der Waals surface area contributed by atoms with Gasteiger partial charge >= 0.3 is 0 Å². The Morgan fingerprint density at radius 1 is 1.25 bits per heavy atom. The van der Waals surface area contributed by atoms with Crippen LogP contribution in [0.2, 0.25) is 0 Å². The normalized spacial score (nSPS) is 9.38. The summed E-state index contributed by atoms with van der Waals surface area (Å²) in [5.41, 5.74) is 0.480. The molecule has 5 heteroatoms. The van der Waals surface area contributed by atoms with E-state index in [4.69, 9.17) is 0 Å². The maximum Gasteiger partial charge on any atom is 0.251 e. The highest BCUT2D eigenvalue weighted by atomic mass is 35.5. The van der Waals surface area contributed by atoms with E-state index in [-0.39, 0.29) is 24.1 Å². The van der Waals surface area contributed by atoms with Gasteiger partial charge in [-0.3, -0.25) is 4.79 Å². The van der Waals surface area contributed by atoms with Crippen molar-refractivity contribution >= 4 is 18.3 Å². The van der Waals surface area contributed by atoms with Crippen LogP contribution in [0.15, 0.2) is 24.3 Å². The molecule has 0 aromatic heterocycles. The van der Waals surface area contributed by atoms with Crippen LogP contribution in [0, 0.1) is 5.82 Å². The van der Waals surface area contributed by atoms with Crippen LogP contribution in [0.3, 0.4) is 0 Å². The largest absolute Gasteiger partial charge is 0.351 e. The minimum atomic E-state index is -0.334. The fraction of sp³-hybridized carbons (Fsp3) is 0.364. The molecule has 1 amide bonds. The number of rotatable bonds is 5. The zero-order valence-corrected chi connectivity index (χ0v) is 9.94. The highest BCUT2D eigenvalue weighted by Gasteiger charge is 2.03. The number of hydrogen-bond donors (Lipinski definition) is 2. The molecule has 2 N–H and O–H groups in total. The van der Waals surface area contributed by atoms with E-state index in [9.17, 15) is 9.18 Å². The van der Waals surface area contributed by atoms with Gasteiger partial charge in [0.05, 0.1) is 0 Å². The van der Waals surface area contributed by atoms with E-state index >= 15 is 0 Å². The summed E-state index contributed by atoms with van der Waals surface area (Å²) < 4.78 is 12.6. The standard InChI is InChI=1S/C11H15FN2O.ClH/c1-2-13-7-8-14-11(15)9-3-5-10(12)6-4-9;/h3-6,13H,2,7-8H2,1H3,(H,14,15);1H. The Bertz CT molecular complexity index is 316. The van der Waals surface area contributed by atoms with Gasteiger partial charge in [0.2, 0.25) is 0 Å². The van der Waals surface area contributed by atoms with Crippen LogP contribution in [0.25, 0.3) is 0 Å². The lowest BCUT2D eigenvalue weighted by molar-refractivity contribution is 0.0954. The van der Waals surface area contributed by atoms with Crippen molar-refractivity contribution < 1.29 is 9.18 Å². The van der Waals surface area contributed by atoms with Gasteiger partial charge in [0.15, 0.2) is 0 Å². The van der Waals surface area contributed by atoms with Crippen LogP contribution in [0.4, 0.5) is 4.39 Å². The number of amides is 1. The van der Waals surface area contributed by atoms with Crippen molar-refractivity contribution in [3.8, 4) is 0 Å². The summed E-state index contributed by atoms with van der Waals surface area (Å²) in [4.78, 5) is 11.5. The number of carbonyl (C=O) groups excluding carboxylic acids is 1. The monoisotopic (exact) mass is 246 g/mol. The SMILES string of the molecule is CCNCCNC(=O)c1ccc(F)cc1.Cl. The quantitative estimate of drug-likeness (QED) is 0.775. The van der Waals surface area contributed by atoms with Crippen LogP contribution in [-0.4, -0.2) is 25.5 Å². The molecule has 0 aliphatic rings. The summed E-state index contributed by atoms with van der Waals surface area (Å²) in [6.07, 6.45) is 0.